The molecule has 0 spiro atoms. The predicted octanol–water partition coefficient (Wildman–Crippen LogP) is 5.47. The number of rotatable bonds is 4. The summed E-state index contributed by atoms with van der Waals surface area (Å²) >= 11 is 3.40. The number of aryl methyl sites for hydroxylation is 1. The van der Waals surface area contributed by atoms with Crippen molar-refractivity contribution in [3.63, 3.8) is 0 Å². The molecule has 25 heavy (non-hydrogen) atoms. The Morgan fingerprint density at radius 3 is 2.80 bits per heavy atom. The Bertz CT molecular complexity index is 903. The SMILES string of the molecule is CCc1ccc(-c2noc(CSC3=Nc4ccccc4CS3)n2)cc1. The fourth-order valence-electron chi connectivity index (χ4n) is 2.53. The maximum absolute atomic E-state index is 5.39. The molecule has 0 aliphatic carbocycles. The highest BCUT2D eigenvalue weighted by molar-refractivity contribution is 8.38. The molecule has 1 aromatic heterocycles. The van der Waals surface area contributed by atoms with E-state index in [1.165, 1.54) is 11.1 Å². The first-order valence-electron chi connectivity index (χ1n) is 8.16. The summed E-state index contributed by atoms with van der Waals surface area (Å²) in [7, 11) is 0. The molecule has 0 bridgehead atoms. The zero-order valence-electron chi connectivity index (χ0n) is 13.8. The van der Waals surface area contributed by atoms with E-state index in [9.17, 15) is 0 Å². The van der Waals surface area contributed by atoms with E-state index in [2.05, 4.69) is 47.4 Å². The van der Waals surface area contributed by atoms with Crippen molar-refractivity contribution >= 4 is 33.6 Å². The van der Waals surface area contributed by atoms with E-state index in [0.717, 1.165) is 27.8 Å². The molecule has 1 aliphatic rings. The van der Waals surface area contributed by atoms with Gasteiger partial charge in [-0.2, -0.15) is 4.98 Å². The maximum Gasteiger partial charge on any atom is 0.237 e. The predicted molar refractivity (Wildman–Crippen MR) is 105 cm³/mol. The number of hydrogen-bond donors (Lipinski definition) is 0. The molecule has 6 heteroatoms. The van der Waals surface area contributed by atoms with Crippen molar-refractivity contribution in [2.24, 2.45) is 4.99 Å². The lowest BCUT2D eigenvalue weighted by Gasteiger charge is -2.13. The highest BCUT2D eigenvalue weighted by Gasteiger charge is 2.15. The molecule has 0 saturated heterocycles. The van der Waals surface area contributed by atoms with Crippen LogP contribution in [0.1, 0.15) is 23.9 Å². The van der Waals surface area contributed by atoms with Gasteiger partial charge in [0.2, 0.25) is 11.7 Å². The van der Waals surface area contributed by atoms with Crippen LogP contribution in [-0.4, -0.2) is 14.5 Å². The van der Waals surface area contributed by atoms with Gasteiger partial charge in [-0.1, -0.05) is 78.1 Å². The van der Waals surface area contributed by atoms with Crippen LogP contribution in [-0.2, 0) is 17.9 Å². The van der Waals surface area contributed by atoms with Crippen molar-refractivity contribution in [1.29, 1.82) is 0 Å². The molecular weight excluding hydrogens is 350 g/mol. The lowest BCUT2D eigenvalue weighted by molar-refractivity contribution is 0.392. The van der Waals surface area contributed by atoms with E-state index in [0.29, 0.717) is 17.5 Å². The molecule has 0 amide bonds. The van der Waals surface area contributed by atoms with Crippen LogP contribution in [0.2, 0.25) is 0 Å². The monoisotopic (exact) mass is 367 g/mol. The Morgan fingerprint density at radius 2 is 1.96 bits per heavy atom. The summed E-state index contributed by atoms with van der Waals surface area (Å²) in [6, 6.07) is 16.5. The van der Waals surface area contributed by atoms with Crippen molar-refractivity contribution in [2.45, 2.75) is 24.9 Å². The third kappa shape index (κ3) is 3.80. The van der Waals surface area contributed by atoms with Crippen LogP contribution in [0.15, 0.2) is 58.0 Å². The lowest BCUT2D eigenvalue weighted by atomic mass is 10.1. The summed E-state index contributed by atoms with van der Waals surface area (Å²) in [6.45, 7) is 2.14. The minimum atomic E-state index is 0.627. The molecule has 126 valence electrons. The van der Waals surface area contributed by atoms with Crippen molar-refractivity contribution in [1.82, 2.24) is 10.1 Å². The second kappa shape index (κ2) is 7.45. The van der Waals surface area contributed by atoms with Gasteiger partial charge in [0.1, 0.15) is 4.38 Å². The first kappa shape index (κ1) is 16.4. The summed E-state index contributed by atoms with van der Waals surface area (Å²) in [4.78, 5) is 9.20. The standard InChI is InChI=1S/C19H17N3OS2/c1-2-13-7-9-14(10-8-13)18-21-17(23-22-18)12-25-19-20-16-6-4-3-5-15(16)11-24-19/h3-10H,2,11-12H2,1H3. The van der Waals surface area contributed by atoms with E-state index in [1.54, 1.807) is 23.5 Å². The summed E-state index contributed by atoms with van der Waals surface area (Å²) in [5, 5.41) is 4.10. The first-order chi connectivity index (χ1) is 12.3. The molecule has 3 aromatic rings. The second-order valence-electron chi connectivity index (χ2n) is 5.65. The fraction of sp³-hybridized carbons (Fsp3) is 0.211. The van der Waals surface area contributed by atoms with Gasteiger partial charge in [0.15, 0.2) is 0 Å². The van der Waals surface area contributed by atoms with Gasteiger partial charge in [-0.25, -0.2) is 4.99 Å². The maximum atomic E-state index is 5.39. The Labute approximate surface area is 155 Å². The van der Waals surface area contributed by atoms with Gasteiger partial charge in [-0.3, -0.25) is 0 Å². The Kier molecular flexibility index (Phi) is 4.90. The summed E-state index contributed by atoms with van der Waals surface area (Å²) in [5.41, 5.74) is 4.63. The average molecular weight is 367 g/mol. The van der Waals surface area contributed by atoms with Crippen LogP contribution in [0.4, 0.5) is 5.69 Å². The molecule has 0 fully saturated rings. The minimum Gasteiger partial charge on any atom is -0.338 e. The van der Waals surface area contributed by atoms with Crippen LogP contribution in [0, 0.1) is 0 Å². The second-order valence-corrected chi connectivity index (χ2v) is 7.83. The Balaban J connectivity index is 1.42. The molecule has 1 aliphatic heterocycles. The molecule has 2 aromatic carbocycles. The number of para-hydroxylation sites is 1. The van der Waals surface area contributed by atoms with Gasteiger partial charge >= 0.3 is 0 Å². The van der Waals surface area contributed by atoms with Crippen LogP contribution < -0.4 is 0 Å². The minimum absolute atomic E-state index is 0.627. The number of hydrogen-bond acceptors (Lipinski definition) is 6. The highest BCUT2D eigenvalue weighted by Crippen LogP contribution is 2.35. The van der Waals surface area contributed by atoms with E-state index in [1.807, 2.05) is 18.2 Å². The van der Waals surface area contributed by atoms with Gasteiger partial charge in [0.05, 0.1) is 11.4 Å². The zero-order chi connectivity index (χ0) is 17.1. The van der Waals surface area contributed by atoms with Crippen LogP contribution in [0.5, 0.6) is 0 Å². The first-order valence-corrected chi connectivity index (χ1v) is 10.1. The fourth-order valence-corrected chi connectivity index (χ4v) is 4.43. The number of nitrogens with zero attached hydrogens (tertiary/aromatic N) is 3. The molecular formula is C19H17N3OS2. The third-order valence-corrected chi connectivity index (χ3v) is 6.19. The third-order valence-electron chi connectivity index (χ3n) is 3.96. The van der Waals surface area contributed by atoms with Crippen LogP contribution >= 0.6 is 23.5 Å². The molecule has 4 nitrogen and oxygen atoms in total. The molecule has 0 unspecified atom stereocenters. The molecule has 4 rings (SSSR count). The topological polar surface area (TPSA) is 51.3 Å². The average Bonchev–Trinajstić information content (AvgIpc) is 3.15. The Morgan fingerprint density at radius 1 is 1.12 bits per heavy atom. The summed E-state index contributed by atoms with van der Waals surface area (Å²) < 4.78 is 6.44. The molecule has 2 heterocycles. The van der Waals surface area contributed by atoms with Gasteiger partial charge in [-0.15, -0.1) is 0 Å². The quantitative estimate of drug-likeness (QED) is 0.612. The normalized spacial score (nSPS) is 13.4. The number of thioether (sulfide) groups is 2. The number of aromatic nitrogens is 2. The lowest BCUT2D eigenvalue weighted by Crippen LogP contribution is -1.96. The number of benzene rings is 2. The van der Waals surface area contributed by atoms with Crippen molar-refractivity contribution in [3.8, 4) is 11.4 Å². The largest absolute Gasteiger partial charge is 0.338 e. The Hall–Kier alpha value is -2.05. The molecule has 0 saturated carbocycles. The van der Waals surface area contributed by atoms with Crippen molar-refractivity contribution in [2.75, 3.05) is 0 Å². The van der Waals surface area contributed by atoms with Crippen LogP contribution in [0.25, 0.3) is 11.4 Å². The molecule has 0 radical (unpaired) electrons. The number of fused-ring (bicyclic) bond motifs is 1. The van der Waals surface area contributed by atoms with Gasteiger partial charge in [0.25, 0.3) is 0 Å². The van der Waals surface area contributed by atoms with E-state index in [4.69, 9.17) is 9.52 Å². The zero-order valence-corrected chi connectivity index (χ0v) is 15.4. The summed E-state index contributed by atoms with van der Waals surface area (Å²) in [5.74, 6) is 2.86. The molecule has 0 atom stereocenters. The van der Waals surface area contributed by atoms with Crippen LogP contribution in [0.3, 0.4) is 0 Å². The summed E-state index contributed by atoms with van der Waals surface area (Å²) in [6.07, 6.45) is 1.03. The van der Waals surface area contributed by atoms with Crippen molar-refractivity contribution in [3.05, 3.63) is 65.5 Å². The van der Waals surface area contributed by atoms with Gasteiger partial charge in [0, 0.05) is 11.3 Å². The molecule has 0 N–H and O–H groups in total. The van der Waals surface area contributed by atoms with E-state index < -0.39 is 0 Å². The van der Waals surface area contributed by atoms with E-state index in [-0.39, 0.29) is 0 Å². The number of aliphatic imine (C=N–C) groups is 1. The highest BCUT2D eigenvalue weighted by atomic mass is 32.2. The van der Waals surface area contributed by atoms with Gasteiger partial charge < -0.3 is 4.52 Å². The van der Waals surface area contributed by atoms with Crippen molar-refractivity contribution < 1.29 is 4.52 Å². The van der Waals surface area contributed by atoms with Gasteiger partial charge in [-0.05, 0) is 23.6 Å². The smallest absolute Gasteiger partial charge is 0.237 e. The van der Waals surface area contributed by atoms with E-state index >= 15 is 0 Å².